The molecular weight excluding hydrogens is 328 g/mol. The molecular formula is C15H14BrF2NO. The third kappa shape index (κ3) is 3.35. The summed E-state index contributed by atoms with van der Waals surface area (Å²) in [6.07, 6.45) is 0. The molecule has 2 aromatic rings. The highest BCUT2D eigenvalue weighted by Crippen LogP contribution is 2.30. The largest absolute Gasteiger partial charge is 0.454 e. The first-order valence-corrected chi connectivity index (χ1v) is 6.90. The Hall–Kier alpha value is -1.46. The van der Waals surface area contributed by atoms with E-state index in [1.54, 1.807) is 12.1 Å². The van der Waals surface area contributed by atoms with Crippen molar-refractivity contribution in [3.63, 3.8) is 0 Å². The molecule has 20 heavy (non-hydrogen) atoms. The van der Waals surface area contributed by atoms with E-state index in [0.29, 0.717) is 10.2 Å². The lowest BCUT2D eigenvalue weighted by Crippen LogP contribution is -2.12. The highest BCUT2D eigenvalue weighted by atomic mass is 79.9. The summed E-state index contributed by atoms with van der Waals surface area (Å²) in [4.78, 5) is 0. The summed E-state index contributed by atoms with van der Waals surface area (Å²) in [5.74, 6) is -1.64. The Labute approximate surface area is 124 Å². The van der Waals surface area contributed by atoms with Crippen molar-refractivity contribution in [3.8, 4) is 11.5 Å². The fourth-order valence-corrected chi connectivity index (χ4v) is 2.16. The van der Waals surface area contributed by atoms with Crippen LogP contribution in [0.4, 0.5) is 8.78 Å². The van der Waals surface area contributed by atoms with Gasteiger partial charge in [-0.15, -0.1) is 0 Å². The molecule has 2 aromatic carbocycles. The molecule has 0 aliphatic heterocycles. The predicted octanol–water partition coefficient (Wildman–Crippen LogP) is 4.80. The molecule has 1 atom stereocenters. The van der Waals surface area contributed by atoms with E-state index in [1.807, 2.05) is 26.1 Å². The average molecular weight is 342 g/mol. The Morgan fingerprint density at radius 2 is 1.95 bits per heavy atom. The van der Waals surface area contributed by atoms with Crippen molar-refractivity contribution >= 4 is 15.9 Å². The highest BCUT2D eigenvalue weighted by Gasteiger charge is 2.13. The minimum Gasteiger partial charge on any atom is -0.454 e. The molecule has 0 spiro atoms. The summed E-state index contributed by atoms with van der Waals surface area (Å²) < 4.78 is 32.8. The van der Waals surface area contributed by atoms with E-state index in [9.17, 15) is 8.78 Å². The molecule has 2 nitrogen and oxygen atoms in total. The van der Waals surface area contributed by atoms with E-state index in [1.165, 1.54) is 6.07 Å². The van der Waals surface area contributed by atoms with Gasteiger partial charge in [-0.1, -0.05) is 28.1 Å². The Morgan fingerprint density at radius 1 is 1.20 bits per heavy atom. The molecule has 0 fully saturated rings. The topological polar surface area (TPSA) is 21.3 Å². The van der Waals surface area contributed by atoms with Crippen molar-refractivity contribution in [2.45, 2.75) is 13.0 Å². The van der Waals surface area contributed by atoms with Crippen molar-refractivity contribution < 1.29 is 13.5 Å². The van der Waals surface area contributed by atoms with Crippen LogP contribution in [0.15, 0.2) is 40.9 Å². The zero-order chi connectivity index (χ0) is 14.7. The van der Waals surface area contributed by atoms with Gasteiger partial charge >= 0.3 is 0 Å². The molecule has 106 valence electrons. The minimum absolute atomic E-state index is 0.141. The first kappa shape index (κ1) is 14.9. The van der Waals surface area contributed by atoms with Crippen LogP contribution in [0, 0.1) is 11.6 Å². The lowest BCUT2D eigenvalue weighted by atomic mass is 10.1. The van der Waals surface area contributed by atoms with E-state index >= 15 is 0 Å². The summed E-state index contributed by atoms with van der Waals surface area (Å²) in [7, 11) is 1.85. The van der Waals surface area contributed by atoms with Gasteiger partial charge < -0.3 is 10.1 Å². The van der Waals surface area contributed by atoms with E-state index < -0.39 is 11.6 Å². The Kier molecular flexibility index (Phi) is 4.73. The maximum atomic E-state index is 13.7. The second kappa shape index (κ2) is 6.33. The highest BCUT2D eigenvalue weighted by molar-refractivity contribution is 9.10. The second-order valence-corrected chi connectivity index (χ2v) is 5.30. The van der Waals surface area contributed by atoms with Gasteiger partial charge in [0.25, 0.3) is 0 Å². The van der Waals surface area contributed by atoms with Gasteiger partial charge in [0, 0.05) is 10.5 Å². The van der Waals surface area contributed by atoms with Gasteiger partial charge in [0.15, 0.2) is 11.6 Å². The predicted molar refractivity (Wildman–Crippen MR) is 78.0 cm³/mol. The van der Waals surface area contributed by atoms with Gasteiger partial charge in [-0.25, -0.2) is 4.39 Å². The van der Waals surface area contributed by atoms with E-state index in [4.69, 9.17) is 4.74 Å². The Balaban J connectivity index is 2.31. The molecule has 0 amide bonds. The quantitative estimate of drug-likeness (QED) is 0.806. The van der Waals surface area contributed by atoms with Crippen molar-refractivity contribution in [2.75, 3.05) is 7.05 Å². The number of benzene rings is 2. The molecule has 0 heterocycles. The zero-order valence-electron chi connectivity index (χ0n) is 11.1. The van der Waals surface area contributed by atoms with Crippen LogP contribution >= 0.6 is 15.9 Å². The molecule has 1 unspecified atom stereocenters. The molecule has 5 heteroatoms. The Morgan fingerprint density at radius 3 is 2.65 bits per heavy atom. The van der Waals surface area contributed by atoms with Crippen LogP contribution in [0.3, 0.4) is 0 Å². The van der Waals surface area contributed by atoms with Gasteiger partial charge in [0.2, 0.25) is 5.82 Å². The molecule has 0 bridgehead atoms. The number of ether oxygens (including phenoxy) is 1. The summed E-state index contributed by atoms with van der Waals surface area (Å²) in [6.45, 7) is 2.00. The normalized spacial score (nSPS) is 12.2. The Bertz CT molecular complexity index is 619. The zero-order valence-corrected chi connectivity index (χ0v) is 12.7. The molecule has 0 aromatic heterocycles. The third-order valence-electron chi connectivity index (χ3n) is 2.98. The van der Waals surface area contributed by atoms with Crippen LogP contribution in [-0.4, -0.2) is 7.05 Å². The molecule has 0 saturated heterocycles. The van der Waals surface area contributed by atoms with Crippen LogP contribution in [0.25, 0.3) is 0 Å². The lowest BCUT2D eigenvalue weighted by molar-refractivity contribution is 0.414. The molecule has 2 rings (SSSR count). The second-order valence-electron chi connectivity index (χ2n) is 4.38. The first-order chi connectivity index (χ1) is 9.51. The van der Waals surface area contributed by atoms with Crippen molar-refractivity contribution in [1.82, 2.24) is 5.32 Å². The van der Waals surface area contributed by atoms with E-state index in [-0.39, 0.29) is 11.8 Å². The molecule has 1 N–H and O–H groups in total. The minimum atomic E-state index is -1.000. The molecule has 0 saturated carbocycles. The average Bonchev–Trinajstić information content (AvgIpc) is 2.43. The molecule has 0 aliphatic carbocycles. The number of halogens is 3. The van der Waals surface area contributed by atoms with Crippen LogP contribution in [0.2, 0.25) is 0 Å². The lowest BCUT2D eigenvalue weighted by Gasteiger charge is -2.13. The first-order valence-electron chi connectivity index (χ1n) is 6.11. The third-order valence-corrected chi connectivity index (χ3v) is 3.44. The monoisotopic (exact) mass is 341 g/mol. The smallest absolute Gasteiger partial charge is 0.201 e. The summed E-state index contributed by atoms with van der Waals surface area (Å²) in [5.41, 5.74) is 1.00. The maximum Gasteiger partial charge on any atom is 0.201 e. The molecule has 0 radical (unpaired) electrons. The number of rotatable bonds is 4. The number of hydrogen-bond acceptors (Lipinski definition) is 2. The van der Waals surface area contributed by atoms with Crippen molar-refractivity contribution in [1.29, 1.82) is 0 Å². The van der Waals surface area contributed by atoms with E-state index in [2.05, 4.69) is 21.2 Å². The van der Waals surface area contributed by atoms with Gasteiger partial charge in [0.1, 0.15) is 5.75 Å². The number of hydrogen-bond donors (Lipinski definition) is 1. The van der Waals surface area contributed by atoms with Crippen molar-refractivity contribution in [2.24, 2.45) is 0 Å². The van der Waals surface area contributed by atoms with Gasteiger partial charge in [-0.2, -0.15) is 4.39 Å². The van der Waals surface area contributed by atoms with Crippen LogP contribution in [-0.2, 0) is 0 Å². The van der Waals surface area contributed by atoms with Crippen LogP contribution < -0.4 is 10.1 Å². The van der Waals surface area contributed by atoms with Crippen LogP contribution in [0.1, 0.15) is 18.5 Å². The molecule has 0 aliphatic rings. The van der Waals surface area contributed by atoms with Gasteiger partial charge in [-0.3, -0.25) is 0 Å². The summed E-state index contributed by atoms with van der Waals surface area (Å²) >= 11 is 3.11. The van der Waals surface area contributed by atoms with E-state index in [0.717, 1.165) is 11.6 Å². The van der Waals surface area contributed by atoms with Crippen molar-refractivity contribution in [3.05, 3.63) is 58.1 Å². The standard InChI is InChI=1S/C15H14BrF2NO/c1-9(19-2)10-4-3-5-12(6-10)20-14-8-11(16)7-13(17)15(14)18/h3-9,19H,1-2H3. The van der Waals surface area contributed by atoms with Crippen LogP contribution in [0.5, 0.6) is 11.5 Å². The maximum absolute atomic E-state index is 13.7. The fraction of sp³-hybridized carbons (Fsp3) is 0.200. The van der Waals surface area contributed by atoms with Gasteiger partial charge in [-0.05, 0) is 43.8 Å². The summed E-state index contributed by atoms with van der Waals surface area (Å²) in [6, 6.07) is 9.83. The summed E-state index contributed by atoms with van der Waals surface area (Å²) in [5, 5.41) is 3.10. The number of nitrogens with one attached hydrogen (secondary N) is 1. The SMILES string of the molecule is CNC(C)c1cccc(Oc2cc(Br)cc(F)c2F)c1. The fourth-order valence-electron chi connectivity index (χ4n) is 1.75. The van der Waals surface area contributed by atoms with Gasteiger partial charge in [0.05, 0.1) is 0 Å².